The molecule has 1 saturated heterocycles. The van der Waals surface area contributed by atoms with Gasteiger partial charge in [-0.15, -0.1) is 0 Å². The Morgan fingerprint density at radius 1 is 1.21 bits per heavy atom. The highest BCUT2D eigenvalue weighted by atomic mass is 35.5. The summed E-state index contributed by atoms with van der Waals surface area (Å²) in [5.41, 5.74) is 2.28. The van der Waals surface area contributed by atoms with Crippen LogP contribution in [0.4, 0.5) is 5.69 Å². The quantitative estimate of drug-likeness (QED) is 0.619. The molecule has 2 atom stereocenters. The van der Waals surface area contributed by atoms with Crippen molar-refractivity contribution in [2.75, 3.05) is 16.4 Å². The zero-order chi connectivity index (χ0) is 20.8. The lowest BCUT2D eigenvalue weighted by Gasteiger charge is -2.27. The Bertz CT molecular complexity index is 1120. The standard InChI is InChI=1S/C20H18Cl2N2O3S2/c1-12(25)13-3-2-4-16(7-13)24-19-11-29(26,27)10-18(19)23-20(24)28-9-14-5-6-15(21)8-17(14)22/h2-8,18-19H,9-11H2,1H3/t18-,19+/m0/s1. The van der Waals surface area contributed by atoms with Gasteiger partial charge in [-0.05, 0) is 36.8 Å². The summed E-state index contributed by atoms with van der Waals surface area (Å²) in [4.78, 5) is 18.5. The third kappa shape index (κ3) is 4.33. The number of halogens is 2. The van der Waals surface area contributed by atoms with Crippen molar-refractivity contribution in [2.45, 2.75) is 24.8 Å². The van der Waals surface area contributed by atoms with Crippen LogP contribution in [-0.4, -0.2) is 43.0 Å². The van der Waals surface area contributed by atoms with Gasteiger partial charge in [0.05, 0.1) is 23.6 Å². The zero-order valence-electron chi connectivity index (χ0n) is 15.5. The summed E-state index contributed by atoms with van der Waals surface area (Å²) in [6, 6.07) is 12.0. The Labute approximate surface area is 184 Å². The van der Waals surface area contributed by atoms with Crippen molar-refractivity contribution in [3.63, 3.8) is 0 Å². The van der Waals surface area contributed by atoms with Gasteiger partial charge in [0.1, 0.15) is 0 Å². The van der Waals surface area contributed by atoms with Crippen LogP contribution in [0.3, 0.4) is 0 Å². The summed E-state index contributed by atoms with van der Waals surface area (Å²) in [5, 5.41) is 1.89. The Morgan fingerprint density at radius 2 is 2.00 bits per heavy atom. The van der Waals surface area contributed by atoms with Gasteiger partial charge in [-0.3, -0.25) is 9.79 Å². The monoisotopic (exact) mass is 468 g/mol. The van der Waals surface area contributed by atoms with Gasteiger partial charge in [0.25, 0.3) is 0 Å². The first-order valence-corrected chi connectivity index (χ1v) is 12.5. The minimum absolute atomic E-state index is 0.0410. The second kappa shape index (κ2) is 7.95. The molecule has 152 valence electrons. The third-order valence-electron chi connectivity index (χ3n) is 5.01. The molecular weight excluding hydrogens is 451 g/mol. The first-order valence-electron chi connectivity index (χ1n) is 8.99. The fraction of sp³-hybridized carbons (Fsp3) is 0.300. The summed E-state index contributed by atoms with van der Waals surface area (Å²) in [5.74, 6) is 0.633. The Morgan fingerprint density at radius 3 is 2.72 bits per heavy atom. The van der Waals surface area contributed by atoms with Gasteiger partial charge in [0.15, 0.2) is 20.8 Å². The van der Waals surface area contributed by atoms with Crippen LogP contribution in [0.25, 0.3) is 0 Å². The molecular formula is C20H18Cl2N2O3S2. The summed E-state index contributed by atoms with van der Waals surface area (Å²) in [6.07, 6.45) is 0. The Balaban J connectivity index is 1.65. The number of carbonyl (C=O) groups is 1. The van der Waals surface area contributed by atoms with E-state index in [9.17, 15) is 13.2 Å². The van der Waals surface area contributed by atoms with E-state index in [1.165, 1.54) is 18.7 Å². The van der Waals surface area contributed by atoms with Crippen LogP contribution in [0.15, 0.2) is 47.5 Å². The fourth-order valence-electron chi connectivity index (χ4n) is 3.59. The smallest absolute Gasteiger partial charge is 0.164 e. The highest BCUT2D eigenvalue weighted by Crippen LogP contribution is 2.37. The molecule has 9 heteroatoms. The first kappa shape index (κ1) is 20.7. The van der Waals surface area contributed by atoms with Crippen molar-refractivity contribution >= 4 is 61.4 Å². The first-order chi connectivity index (χ1) is 13.7. The van der Waals surface area contributed by atoms with Crippen molar-refractivity contribution in [1.29, 1.82) is 0 Å². The van der Waals surface area contributed by atoms with E-state index in [2.05, 4.69) is 0 Å². The molecule has 5 nitrogen and oxygen atoms in total. The lowest BCUT2D eigenvalue weighted by molar-refractivity contribution is 0.101. The van der Waals surface area contributed by atoms with E-state index in [0.717, 1.165) is 16.4 Å². The normalized spacial score (nSPS) is 22.4. The highest BCUT2D eigenvalue weighted by Gasteiger charge is 2.47. The van der Waals surface area contributed by atoms with E-state index in [1.807, 2.05) is 17.0 Å². The molecule has 0 bridgehead atoms. The summed E-state index contributed by atoms with van der Waals surface area (Å²) >= 11 is 13.8. The molecule has 0 saturated carbocycles. The average Bonchev–Trinajstić information content (AvgIpc) is 3.12. The molecule has 0 unspecified atom stereocenters. The molecule has 2 aromatic carbocycles. The predicted octanol–water partition coefficient (Wildman–Crippen LogP) is 4.47. The molecule has 2 aliphatic heterocycles. The summed E-state index contributed by atoms with van der Waals surface area (Å²) < 4.78 is 24.3. The van der Waals surface area contributed by atoms with Crippen LogP contribution < -0.4 is 4.90 Å². The molecule has 0 spiro atoms. The largest absolute Gasteiger partial charge is 0.315 e. The number of carbonyl (C=O) groups excluding carboxylic acids is 1. The van der Waals surface area contributed by atoms with Gasteiger partial charge in [-0.2, -0.15) is 0 Å². The maximum atomic E-state index is 12.2. The molecule has 0 aromatic heterocycles. The topological polar surface area (TPSA) is 66.8 Å². The number of ketones is 1. The molecule has 29 heavy (non-hydrogen) atoms. The van der Waals surface area contributed by atoms with E-state index in [4.69, 9.17) is 28.2 Å². The highest BCUT2D eigenvalue weighted by molar-refractivity contribution is 8.13. The predicted molar refractivity (Wildman–Crippen MR) is 120 cm³/mol. The molecule has 2 aliphatic rings. The number of hydrogen-bond donors (Lipinski definition) is 0. The molecule has 0 radical (unpaired) electrons. The number of anilines is 1. The molecule has 0 amide bonds. The molecule has 1 fully saturated rings. The van der Waals surface area contributed by atoms with E-state index in [1.54, 1.807) is 30.3 Å². The maximum absolute atomic E-state index is 12.2. The number of nitrogens with zero attached hydrogens (tertiary/aromatic N) is 2. The summed E-state index contributed by atoms with van der Waals surface area (Å²) in [7, 11) is -3.14. The van der Waals surface area contributed by atoms with Gasteiger partial charge < -0.3 is 4.90 Å². The molecule has 2 aromatic rings. The number of aliphatic imine (C=N–C) groups is 1. The fourth-order valence-corrected chi connectivity index (χ4v) is 7.12. The number of hydrogen-bond acceptors (Lipinski definition) is 6. The zero-order valence-corrected chi connectivity index (χ0v) is 18.7. The van der Waals surface area contributed by atoms with E-state index in [-0.39, 0.29) is 29.4 Å². The van der Waals surface area contributed by atoms with Gasteiger partial charge in [-0.1, -0.05) is 53.2 Å². The number of amidine groups is 1. The van der Waals surface area contributed by atoms with E-state index in [0.29, 0.717) is 21.4 Å². The number of fused-ring (bicyclic) bond motifs is 1. The maximum Gasteiger partial charge on any atom is 0.164 e. The van der Waals surface area contributed by atoms with Crippen molar-refractivity contribution < 1.29 is 13.2 Å². The van der Waals surface area contributed by atoms with Gasteiger partial charge in [0, 0.05) is 27.0 Å². The van der Waals surface area contributed by atoms with E-state index < -0.39 is 9.84 Å². The van der Waals surface area contributed by atoms with Crippen LogP contribution >= 0.6 is 35.0 Å². The van der Waals surface area contributed by atoms with Crippen LogP contribution in [0.2, 0.25) is 10.0 Å². The molecule has 4 rings (SSSR count). The molecule has 0 aliphatic carbocycles. The number of thioether (sulfide) groups is 1. The van der Waals surface area contributed by atoms with Crippen LogP contribution in [-0.2, 0) is 15.6 Å². The minimum atomic E-state index is -3.14. The second-order valence-electron chi connectivity index (χ2n) is 7.12. The number of rotatable bonds is 4. The lowest BCUT2D eigenvalue weighted by atomic mass is 10.1. The van der Waals surface area contributed by atoms with Gasteiger partial charge in [0.2, 0.25) is 0 Å². The number of sulfone groups is 1. The van der Waals surface area contributed by atoms with Crippen molar-refractivity contribution in [2.24, 2.45) is 4.99 Å². The minimum Gasteiger partial charge on any atom is -0.315 e. The second-order valence-corrected chi connectivity index (χ2v) is 11.1. The van der Waals surface area contributed by atoms with E-state index >= 15 is 0 Å². The van der Waals surface area contributed by atoms with Crippen molar-refractivity contribution in [3.05, 3.63) is 63.6 Å². The molecule has 2 heterocycles. The van der Waals surface area contributed by atoms with Crippen LogP contribution in [0.1, 0.15) is 22.8 Å². The number of Topliss-reactive ketones (excluding diaryl/α,β-unsaturated/α-hetero) is 1. The van der Waals surface area contributed by atoms with Gasteiger partial charge in [-0.25, -0.2) is 8.42 Å². The van der Waals surface area contributed by atoms with Crippen molar-refractivity contribution in [3.8, 4) is 0 Å². The van der Waals surface area contributed by atoms with Gasteiger partial charge >= 0.3 is 0 Å². The SMILES string of the molecule is CC(=O)c1cccc(N2C(SCc3ccc(Cl)cc3Cl)=N[C@H]3CS(=O)(=O)C[C@H]32)c1. The number of benzene rings is 2. The third-order valence-corrected chi connectivity index (χ3v) is 8.31. The average molecular weight is 469 g/mol. The van der Waals surface area contributed by atoms with Crippen LogP contribution in [0.5, 0.6) is 0 Å². The summed E-state index contributed by atoms with van der Waals surface area (Å²) in [6.45, 7) is 1.51. The Hall–Kier alpha value is -1.54. The Kier molecular flexibility index (Phi) is 5.68. The molecule has 0 N–H and O–H groups in total. The van der Waals surface area contributed by atoms with Crippen molar-refractivity contribution in [1.82, 2.24) is 0 Å². The van der Waals surface area contributed by atoms with Crippen LogP contribution in [0, 0.1) is 0 Å². The lowest BCUT2D eigenvalue weighted by Crippen LogP contribution is -2.39.